The molecule has 72 valence electrons. The molecule has 0 aliphatic heterocycles. The molecule has 0 amide bonds. The maximum Gasteiger partial charge on any atom is 0.180 e. The van der Waals surface area contributed by atoms with Crippen molar-refractivity contribution in [3.05, 3.63) is 11.1 Å². The summed E-state index contributed by atoms with van der Waals surface area (Å²) < 4.78 is 0. The number of nitrogen functional groups attached to an aromatic ring is 1. The van der Waals surface area contributed by atoms with Crippen molar-refractivity contribution in [3.63, 3.8) is 0 Å². The molecule has 0 bridgehead atoms. The van der Waals surface area contributed by atoms with Crippen LogP contribution in [0.2, 0.25) is 0 Å². The summed E-state index contributed by atoms with van der Waals surface area (Å²) in [5.41, 5.74) is 6.66. The molecule has 2 rings (SSSR count). The van der Waals surface area contributed by atoms with E-state index in [2.05, 4.69) is 16.9 Å². The molecule has 1 aromatic heterocycles. The normalized spacial score (nSPS) is 16.8. The van der Waals surface area contributed by atoms with Crippen LogP contribution in [0.3, 0.4) is 0 Å². The molecule has 0 atom stereocenters. The Hall–Kier alpha value is -0.610. The van der Waals surface area contributed by atoms with Gasteiger partial charge < -0.3 is 10.6 Å². The lowest BCUT2D eigenvalue weighted by Crippen LogP contribution is -2.20. The molecule has 1 aliphatic rings. The van der Waals surface area contributed by atoms with Crippen LogP contribution in [0.4, 0.5) is 5.13 Å². The highest BCUT2D eigenvalue weighted by atomic mass is 32.1. The van der Waals surface area contributed by atoms with Crippen molar-refractivity contribution < 1.29 is 0 Å². The van der Waals surface area contributed by atoms with Gasteiger partial charge in [0.15, 0.2) is 5.13 Å². The van der Waals surface area contributed by atoms with Crippen LogP contribution in [0, 0.1) is 5.92 Å². The second kappa shape index (κ2) is 3.64. The molecule has 1 aromatic rings. The molecule has 2 N–H and O–H groups in total. The minimum absolute atomic E-state index is 0.676. The van der Waals surface area contributed by atoms with Gasteiger partial charge in [-0.05, 0) is 25.8 Å². The third-order valence-corrected chi connectivity index (χ3v) is 2.99. The maximum absolute atomic E-state index is 5.56. The molecule has 0 aromatic carbocycles. The fourth-order valence-corrected chi connectivity index (χ4v) is 2.03. The summed E-state index contributed by atoms with van der Waals surface area (Å²) in [6.07, 6.45) is 2.81. The summed E-state index contributed by atoms with van der Waals surface area (Å²) in [4.78, 5) is 6.56. The highest BCUT2D eigenvalue weighted by Crippen LogP contribution is 2.29. The summed E-state index contributed by atoms with van der Waals surface area (Å²) in [5.74, 6) is 0.945. The summed E-state index contributed by atoms with van der Waals surface area (Å²) in [7, 11) is 2.15. The summed E-state index contributed by atoms with van der Waals surface area (Å²) in [6, 6.07) is 0. The zero-order chi connectivity index (χ0) is 9.26. The Morgan fingerprint density at radius 1 is 1.69 bits per heavy atom. The highest BCUT2D eigenvalue weighted by Gasteiger charge is 2.22. The summed E-state index contributed by atoms with van der Waals surface area (Å²) in [5, 5.41) is 2.72. The van der Waals surface area contributed by atoms with E-state index in [1.54, 1.807) is 0 Å². The number of hydrogen-bond donors (Lipinski definition) is 1. The molecule has 1 heterocycles. The van der Waals surface area contributed by atoms with Crippen molar-refractivity contribution in [1.82, 2.24) is 9.88 Å². The van der Waals surface area contributed by atoms with Crippen LogP contribution in [0.1, 0.15) is 18.5 Å². The predicted molar refractivity (Wildman–Crippen MR) is 55.6 cm³/mol. The van der Waals surface area contributed by atoms with Gasteiger partial charge in [0.1, 0.15) is 0 Å². The lowest BCUT2D eigenvalue weighted by atomic mass is 10.3. The molecule has 13 heavy (non-hydrogen) atoms. The summed E-state index contributed by atoms with van der Waals surface area (Å²) >= 11 is 1.52. The van der Waals surface area contributed by atoms with Crippen LogP contribution in [-0.4, -0.2) is 23.5 Å². The molecule has 3 nitrogen and oxygen atoms in total. The number of aromatic nitrogens is 1. The van der Waals surface area contributed by atoms with Crippen molar-refractivity contribution in [2.24, 2.45) is 5.92 Å². The van der Waals surface area contributed by atoms with Crippen molar-refractivity contribution in [3.8, 4) is 0 Å². The number of nitrogens with two attached hydrogens (primary N) is 1. The topological polar surface area (TPSA) is 42.1 Å². The minimum Gasteiger partial charge on any atom is -0.375 e. The SMILES string of the molecule is CN(Cc1csc(N)n1)CC1CC1. The average Bonchev–Trinajstić information content (AvgIpc) is 2.76. The number of hydrogen-bond acceptors (Lipinski definition) is 4. The van der Waals surface area contributed by atoms with Crippen molar-refractivity contribution >= 4 is 16.5 Å². The Balaban J connectivity index is 1.82. The van der Waals surface area contributed by atoms with E-state index < -0.39 is 0 Å². The molecular weight excluding hydrogens is 182 g/mol. The summed E-state index contributed by atoms with van der Waals surface area (Å²) in [6.45, 7) is 2.14. The highest BCUT2D eigenvalue weighted by molar-refractivity contribution is 7.13. The van der Waals surface area contributed by atoms with Gasteiger partial charge in [-0.15, -0.1) is 11.3 Å². The third kappa shape index (κ3) is 2.67. The smallest absolute Gasteiger partial charge is 0.180 e. The number of nitrogens with zero attached hydrogens (tertiary/aromatic N) is 2. The Bertz CT molecular complexity index is 280. The van der Waals surface area contributed by atoms with Gasteiger partial charge >= 0.3 is 0 Å². The first kappa shape index (κ1) is 8.97. The minimum atomic E-state index is 0.676. The number of thiazole rings is 1. The van der Waals surface area contributed by atoms with Gasteiger partial charge in [0.05, 0.1) is 5.69 Å². The van der Waals surface area contributed by atoms with Crippen LogP contribution in [-0.2, 0) is 6.54 Å². The fraction of sp³-hybridized carbons (Fsp3) is 0.667. The van der Waals surface area contributed by atoms with Crippen LogP contribution in [0.25, 0.3) is 0 Å². The van der Waals surface area contributed by atoms with Crippen LogP contribution >= 0.6 is 11.3 Å². The van der Waals surface area contributed by atoms with E-state index in [0.29, 0.717) is 5.13 Å². The fourth-order valence-electron chi connectivity index (χ4n) is 1.48. The second-order valence-electron chi connectivity index (χ2n) is 3.82. The standard InChI is InChI=1S/C9H15N3S/c1-12(4-7-2-3-7)5-8-6-13-9(10)11-8/h6-7H,2-5H2,1H3,(H2,10,11). The van der Waals surface area contributed by atoms with Crippen LogP contribution in [0.15, 0.2) is 5.38 Å². The molecule has 1 aliphatic carbocycles. The van der Waals surface area contributed by atoms with E-state index in [4.69, 9.17) is 5.73 Å². The zero-order valence-corrected chi connectivity index (χ0v) is 8.68. The molecule has 0 radical (unpaired) electrons. The van der Waals surface area contributed by atoms with Gasteiger partial charge in [-0.2, -0.15) is 0 Å². The van der Waals surface area contributed by atoms with E-state index in [0.717, 1.165) is 18.2 Å². The van der Waals surface area contributed by atoms with Gasteiger partial charge in [0.2, 0.25) is 0 Å². The Kier molecular flexibility index (Phi) is 2.51. The molecule has 0 saturated heterocycles. The molecule has 4 heteroatoms. The zero-order valence-electron chi connectivity index (χ0n) is 7.86. The van der Waals surface area contributed by atoms with Crippen molar-refractivity contribution in [2.45, 2.75) is 19.4 Å². The van der Waals surface area contributed by atoms with Crippen LogP contribution in [0.5, 0.6) is 0 Å². The van der Waals surface area contributed by atoms with Crippen molar-refractivity contribution in [2.75, 3.05) is 19.3 Å². The largest absolute Gasteiger partial charge is 0.375 e. The van der Waals surface area contributed by atoms with E-state index in [-0.39, 0.29) is 0 Å². The van der Waals surface area contributed by atoms with E-state index >= 15 is 0 Å². The second-order valence-corrected chi connectivity index (χ2v) is 4.71. The first-order chi connectivity index (χ1) is 6.24. The van der Waals surface area contributed by atoms with E-state index in [1.165, 1.54) is 30.7 Å². The molecular formula is C9H15N3S. The first-order valence-electron chi connectivity index (χ1n) is 4.62. The lowest BCUT2D eigenvalue weighted by Gasteiger charge is -2.13. The molecule has 0 unspecified atom stereocenters. The first-order valence-corrected chi connectivity index (χ1v) is 5.50. The monoisotopic (exact) mass is 197 g/mol. The van der Waals surface area contributed by atoms with Gasteiger partial charge in [-0.3, -0.25) is 0 Å². The van der Waals surface area contributed by atoms with Gasteiger partial charge in [0, 0.05) is 18.5 Å². The maximum atomic E-state index is 5.56. The van der Waals surface area contributed by atoms with E-state index in [1.807, 2.05) is 5.38 Å². The van der Waals surface area contributed by atoms with Crippen LogP contribution < -0.4 is 5.73 Å². The third-order valence-electron chi connectivity index (χ3n) is 2.27. The lowest BCUT2D eigenvalue weighted by molar-refractivity contribution is 0.310. The molecule has 0 spiro atoms. The number of rotatable bonds is 4. The number of anilines is 1. The average molecular weight is 197 g/mol. The Morgan fingerprint density at radius 2 is 2.46 bits per heavy atom. The van der Waals surface area contributed by atoms with Gasteiger partial charge in [-0.25, -0.2) is 4.98 Å². The quantitative estimate of drug-likeness (QED) is 0.796. The predicted octanol–water partition coefficient (Wildman–Crippen LogP) is 1.57. The van der Waals surface area contributed by atoms with Gasteiger partial charge in [0.25, 0.3) is 0 Å². The van der Waals surface area contributed by atoms with E-state index in [9.17, 15) is 0 Å². The molecule has 1 saturated carbocycles. The molecule has 1 fully saturated rings. The Labute approximate surface area is 82.6 Å². The van der Waals surface area contributed by atoms with Crippen molar-refractivity contribution in [1.29, 1.82) is 0 Å². The van der Waals surface area contributed by atoms with Gasteiger partial charge in [-0.1, -0.05) is 0 Å². The Morgan fingerprint density at radius 3 is 3.00 bits per heavy atom.